The Balaban J connectivity index is 0.000000292. The minimum Gasteiger partial charge on any atom is -0.483 e. The molecule has 0 amide bonds. The molecule has 11 heavy (non-hydrogen) atoms. The van der Waals surface area contributed by atoms with Gasteiger partial charge in [-0.1, -0.05) is 13.3 Å². The van der Waals surface area contributed by atoms with Crippen molar-refractivity contribution in [3.05, 3.63) is 0 Å². The van der Waals surface area contributed by atoms with E-state index in [0.717, 1.165) is 6.04 Å². The zero-order chi connectivity index (χ0) is 8.53. The van der Waals surface area contributed by atoms with E-state index < -0.39 is 0 Å². The molecule has 0 aromatic heterocycles. The van der Waals surface area contributed by atoms with Crippen LogP contribution in [-0.4, -0.2) is 24.2 Å². The van der Waals surface area contributed by atoms with Gasteiger partial charge < -0.3 is 10.4 Å². The molecular weight excluding hydrogens is 142 g/mol. The summed E-state index contributed by atoms with van der Waals surface area (Å²) in [4.78, 5) is 8.36. The van der Waals surface area contributed by atoms with Crippen molar-refractivity contribution < 1.29 is 9.90 Å². The molecule has 1 aliphatic heterocycles. The van der Waals surface area contributed by atoms with Crippen LogP contribution in [-0.2, 0) is 4.79 Å². The molecule has 0 aromatic rings. The van der Waals surface area contributed by atoms with Crippen molar-refractivity contribution in [3.8, 4) is 0 Å². The summed E-state index contributed by atoms with van der Waals surface area (Å²) in [5.74, 6) is 0. The molecule has 1 atom stereocenters. The summed E-state index contributed by atoms with van der Waals surface area (Å²) < 4.78 is 0. The summed E-state index contributed by atoms with van der Waals surface area (Å²) in [6.07, 6.45) is 5.53. The molecule has 3 nitrogen and oxygen atoms in total. The van der Waals surface area contributed by atoms with Gasteiger partial charge in [0.2, 0.25) is 0 Å². The smallest absolute Gasteiger partial charge is 0.290 e. The zero-order valence-electron chi connectivity index (χ0n) is 7.05. The average Bonchev–Trinajstić information content (AvgIpc) is 2.08. The van der Waals surface area contributed by atoms with Gasteiger partial charge in [-0.25, -0.2) is 0 Å². The Kier molecular flexibility index (Phi) is 7.15. The standard InChI is InChI=1S/C7H15N.CH2O2/c1-2-7-5-3-4-6-8-7;2-1-3/h7-8H,2-6H2,1H3;1H,(H,2,3). The van der Waals surface area contributed by atoms with Crippen molar-refractivity contribution >= 4 is 6.47 Å². The van der Waals surface area contributed by atoms with Crippen molar-refractivity contribution in [3.63, 3.8) is 0 Å². The Labute approximate surface area is 67.8 Å². The highest BCUT2D eigenvalue weighted by Crippen LogP contribution is 2.08. The fraction of sp³-hybridized carbons (Fsp3) is 0.875. The highest BCUT2D eigenvalue weighted by atomic mass is 16.3. The van der Waals surface area contributed by atoms with E-state index in [1.807, 2.05) is 0 Å². The summed E-state index contributed by atoms with van der Waals surface area (Å²) in [5, 5.41) is 10.4. The molecule has 1 aliphatic rings. The van der Waals surface area contributed by atoms with Gasteiger partial charge in [-0.05, 0) is 25.8 Å². The Morgan fingerprint density at radius 3 is 2.55 bits per heavy atom. The van der Waals surface area contributed by atoms with E-state index in [9.17, 15) is 0 Å². The van der Waals surface area contributed by atoms with E-state index in [1.165, 1.54) is 32.2 Å². The molecule has 1 unspecified atom stereocenters. The maximum Gasteiger partial charge on any atom is 0.290 e. The second-order valence-electron chi connectivity index (χ2n) is 2.66. The highest BCUT2D eigenvalue weighted by molar-refractivity contribution is 5.32. The van der Waals surface area contributed by atoms with Crippen molar-refractivity contribution in [2.24, 2.45) is 0 Å². The maximum absolute atomic E-state index is 8.36. The minimum atomic E-state index is -0.250. The number of hydrogen-bond donors (Lipinski definition) is 2. The number of nitrogens with one attached hydrogen (secondary N) is 1. The summed E-state index contributed by atoms with van der Waals surface area (Å²) in [5.41, 5.74) is 0. The lowest BCUT2D eigenvalue weighted by molar-refractivity contribution is -0.122. The average molecular weight is 159 g/mol. The first-order valence-corrected chi connectivity index (χ1v) is 4.16. The molecule has 0 saturated carbocycles. The normalized spacial score (nSPS) is 23.2. The second-order valence-corrected chi connectivity index (χ2v) is 2.66. The van der Waals surface area contributed by atoms with Gasteiger partial charge in [0.15, 0.2) is 0 Å². The predicted molar refractivity (Wildman–Crippen MR) is 44.6 cm³/mol. The molecule has 3 heteroatoms. The minimum absolute atomic E-state index is 0.250. The van der Waals surface area contributed by atoms with Crippen molar-refractivity contribution in [2.75, 3.05) is 6.54 Å². The Morgan fingerprint density at radius 1 is 1.64 bits per heavy atom. The number of rotatable bonds is 1. The quantitative estimate of drug-likeness (QED) is 0.566. The van der Waals surface area contributed by atoms with Crippen LogP contribution in [0.4, 0.5) is 0 Å². The lowest BCUT2D eigenvalue weighted by atomic mass is 10.0. The van der Waals surface area contributed by atoms with E-state index >= 15 is 0 Å². The van der Waals surface area contributed by atoms with Gasteiger partial charge >= 0.3 is 0 Å². The van der Waals surface area contributed by atoms with Crippen LogP contribution in [0.25, 0.3) is 0 Å². The number of hydrogen-bond acceptors (Lipinski definition) is 2. The fourth-order valence-corrected chi connectivity index (χ4v) is 1.27. The molecule has 0 spiro atoms. The maximum atomic E-state index is 8.36. The third-order valence-electron chi connectivity index (χ3n) is 1.91. The van der Waals surface area contributed by atoms with Crippen LogP contribution in [0.1, 0.15) is 32.6 Å². The molecule has 2 N–H and O–H groups in total. The molecule has 0 bridgehead atoms. The molecule has 0 radical (unpaired) electrons. The van der Waals surface area contributed by atoms with Crippen LogP contribution in [0.15, 0.2) is 0 Å². The highest BCUT2D eigenvalue weighted by Gasteiger charge is 2.08. The predicted octanol–water partition coefficient (Wildman–Crippen LogP) is 1.24. The topological polar surface area (TPSA) is 49.3 Å². The van der Waals surface area contributed by atoms with Gasteiger partial charge in [0.25, 0.3) is 6.47 Å². The molecule has 1 fully saturated rings. The number of carboxylic acid groups (broad SMARTS) is 1. The molecule has 1 heterocycles. The van der Waals surface area contributed by atoms with Crippen LogP contribution in [0.3, 0.4) is 0 Å². The first kappa shape index (κ1) is 10.4. The third-order valence-corrected chi connectivity index (χ3v) is 1.91. The summed E-state index contributed by atoms with van der Waals surface area (Å²) in [6, 6.07) is 0.837. The van der Waals surface area contributed by atoms with Gasteiger partial charge in [-0.3, -0.25) is 4.79 Å². The van der Waals surface area contributed by atoms with Gasteiger partial charge in [-0.2, -0.15) is 0 Å². The van der Waals surface area contributed by atoms with Crippen LogP contribution >= 0.6 is 0 Å². The van der Waals surface area contributed by atoms with Crippen molar-refractivity contribution in [1.29, 1.82) is 0 Å². The van der Waals surface area contributed by atoms with E-state index in [-0.39, 0.29) is 6.47 Å². The molecule has 0 aromatic carbocycles. The summed E-state index contributed by atoms with van der Waals surface area (Å²) in [6.45, 7) is 3.25. The lowest BCUT2D eigenvalue weighted by Crippen LogP contribution is -2.32. The summed E-state index contributed by atoms with van der Waals surface area (Å²) >= 11 is 0. The first-order chi connectivity index (χ1) is 5.35. The zero-order valence-corrected chi connectivity index (χ0v) is 7.05. The van der Waals surface area contributed by atoms with E-state index in [0.29, 0.717) is 0 Å². The van der Waals surface area contributed by atoms with E-state index in [2.05, 4.69) is 12.2 Å². The van der Waals surface area contributed by atoms with E-state index in [1.54, 1.807) is 0 Å². The molecule has 0 aliphatic carbocycles. The van der Waals surface area contributed by atoms with Gasteiger partial charge in [0.05, 0.1) is 0 Å². The van der Waals surface area contributed by atoms with Crippen molar-refractivity contribution in [2.45, 2.75) is 38.6 Å². The third kappa shape index (κ3) is 5.85. The SMILES string of the molecule is CCC1CCCCN1.O=CO. The fourth-order valence-electron chi connectivity index (χ4n) is 1.27. The van der Waals surface area contributed by atoms with E-state index in [4.69, 9.17) is 9.90 Å². The van der Waals surface area contributed by atoms with Gasteiger partial charge in [-0.15, -0.1) is 0 Å². The number of piperidine rings is 1. The lowest BCUT2D eigenvalue weighted by Gasteiger charge is -2.21. The van der Waals surface area contributed by atoms with Crippen molar-refractivity contribution in [1.82, 2.24) is 5.32 Å². The van der Waals surface area contributed by atoms with Crippen LogP contribution in [0, 0.1) is 0 Å². The Morgan fingerprint density at radius 2 is 2.27 bits per heavy atom. The molecule has 1 rings (SSSR count). The number of carbonyl (C=O) groups is 1. The Bertz CT molecular complexity index is 90.1. The molecular formula is C8H17NO2. The van der Waals surface area contributed by atoms with Gasteiger partial charge in [0, 0.05) is 6.04 Å². The van der Waals surface area contributed by atoms with Gasteiger partial charge in [0.1, 0.15) is 0 Å². The van der Waals surface area contributed by atoms with Crippen LogP contribution < -0.4 is 5.32 Å². The second kappa shape index (κ2) is 7.54. The molecule has 66 valence electrons. The summed E-state index contributed by atoms with van der Waals surface area (Å²) in [7, 11) is 0. The van der Waals surface area contributed by atoms with Crippen LogP contribution in [0.5, 0.6) is 0 Å². The largest absolute Gasteiger partial charge is 0.483 e. The van der Waals surface area contributed by atoms with Crippen LogP contribution in [0.2, 0.25) is 0 Å². The first-order valence-electron chi connectivity index (χ1n) is 4.16. The Hall–Kier alpha value is -0.570. The monoisotopic (exact) mass is 159 g/mol. The molecule has 1 saturated heterocycles.